The highest BCUT2D eigenvalue weighted by Crippen LogP contribution is 2.29. The highest BCUT2D eigenvalue weighted by atomic mass is 19.1. The Balaban J connectivity index is 1.60. The molecule has 0 spiro atoms. The van der Waals surface area contributed by atoms with Crippen molar-refractivity contribution >= 4 is 11.7 Å². The number of carbonyl (C=O) groups excluding carboxylic acids is 1. The third-order valence-electron chi connectivity index (χ3n) is 5.21. The number of rotatable bonds is 4. The topological polar surface area (TPSA) is 53.6 Å². The van der Waals surface area contributed by atoms with E-state index < -0.39 is 0 Å². The van der Waals surface area contributed by atoms with Gasteiger partial charge in [-0.2, -0.15) is 0 Å². The highest BCUT2D eigenvalue weighted by Gasteiger charge is 2.25. The van der Waals surface area contributed by atoms with Crippen molar-refractivity contribution in [3.8, 4) is 0 Å². The molecule has 5 nitrogen and oxygen atoms in total. The quantitative estimate of drug-likeness (QED) is 0.857. The summed E-state index contributed by atoms with van der Waals surface area (Å²) < 4.78 is 19.9. The van der Waals surface area contributed by atoms with E-state index in [0.717, 1.165) is 44.5 Å². The number of hydrogen-bond donors (Lipinski definition) is 2. The van der Waals surface area contributed by atoms with E-state index >= 15 is 0 Å². The molecule has 144 valence electrons. The number of urea groups is 1. The number of benzene rings is 1. The van der Waals surface area contributed by atoms with Crippen molar-refractivity contribution in [3.63, 3.8) is 0 Å². The summed E-state index contributed by atoms with van der Waals surface area (Å²) in [5, 5.41) is 6.22. The fourth-order valence-corrected chi connectivity index (χ4v) is 3.88. The summed E-state index contributed by atoms with van der Waals surface area (Å²) in [6, 6.07) is 5.64. The Kier molecular flexibility index (Phi) is 6.48. The number of ether oxygens (including phenoxy) is 1. The summed E-state index contributed by atoms with van der Waals surface area (Å²) in [5.74, 6) is -0.0239. The first kappa shape index (κ1) is 19.1. The van der Waals surface area contributed by atoms with Crippen molar-refractivity contribution < 1.29 is 13.9 Å². The molecule has 2 fully saturated rings. The van der Waals surface area contributed by atoms with E-state index in [4.69, 9.17) is 4.74 Å². The monoisotopic (exact) mass is 363 g/mol. The number of nitrogens with one attached hydrogen (secondary N) is 2. The number of likely N-dealkylation sites (tertiary alicyclic amines) is 1. The van der Waals surface area contributed by atoms with Crippen molar-refractivity contribution in [1.29, 1.82) is 0 Å². The summed E-state index contributed by atoms with van der Waals surface area (Å²) in [5.41, 5.74) is 1.24. The van der Waals surface area contributed by atoms with Gasteiger partial charge in [0.2, 0.25) is 0 Å². The van der Waals surface area contributed by atoms with Crippen molar-refractivity contribution in [2.45, 2.75) is 57.5 Å². The average molecular weight is 363 g/mol. The Morgan fingerprint density at radius 3 is 2.73 bits per heavy atom. The molecule has 2 N–H and O–H groups in total. The van der Waals surface area contributed by atoms with Gasteiger partial charge in [0.1, 0.15) is 5.82 Å². The number of amides is 2. The van der Waals surface area contributed by atoms with E-state index in [1.807, 2.05) is 6.07 Å². The summed E-state index contributed by atoms with van der Waals surface area (Å²) >= 11 is 0. The van der Waals surface area contributed by atoms with Crippen LogP contribution in [0.3, 0.4) is 0 Å². The van der Waals surface area contributed by atoms with Gasteiger partial charge in [0, 0.05) is 38.4 Å². The van der Waals surface area contributed by atoms with Crippen molar-refractivity contribution in [2.75, 3.05) is 31.6 Å². The van der Waals surface area contributed by atoms with E-state index in [-0.39, 0.29) is 17.5 Å². The Morgan fingerprint density at radius 2 is 2.04 bits per heavy atom. The lowest BCUT2D eigenvalue weighted by Crippen LogP contribution is -2.50. The summed E-state index contributed by atoms with van der Waals surface area (Å²) in [6.45, 7) is 7.04. The van der Waals surface area contributed by atoms with E-state index in [2.05, 4.69) is 24.5 Å². The molecule has 0 aliphatic carbocycles. The lowest BCUT2D eigenvalue weighted by atomic mass is 9.91. The lowest BCUT2D eigenvalue weighted by Gasteiger charge is -2.34. The van der Waals surface area contributed by atoms with E-state index in [1.165, 1.54) is 0 Å². The summed E-state index contributed by atoms with van der Waals surface area (Å²) in [7, 11) is 0. The molecular formula is C20H30FN3O2. The molecule has 3 rings (SSSR count). The van der Waals surface area contributed by atoms with Gasteiger partial charge in [0.15, 0.2) is 0 Å². The van der Waals surface area contributed by atoms with Crippen LogP contribution in [0.4, 0.5) is 14.9 Å². The second kappa shape index (κ2) is 8.82. The maximum atomic E-state index is 14.5. The molecule has 1 unspecified atom stereocenters. The molecule has 0 bridgehead atoms. The number of anilines is 1. The third kappa shape index (κ3) is 4.95. The van der Waals surface area contributed by atoms with Crippen LogP contribution in [-0.4, -0.2) is 49.3 Å². The zero-order valence-corrected chi connectivity index (χ0v) is 15.8. The maximum Gasteiger partial charge on any atom is 0.321 e. The first-order valence-corrected chi connectivity index (χ1v) is 9.72. The first-order chi connectivity index (χ1) is 12.5. The molecule has 26 heavy (non-hydrogen) atoms. The Labute approximate surface area is 155 Å². The molecule has 6 heteroatoms. The molecular weight excluding hydrogens is 333 g/mol. The zero-order valence-electron chi connectivity index (χ0n) is 15.8. The van der Waals surface area contributed by atoms with Crippen LogP contribution in [0.25, 0.3) is 0 Å². The van der Waals surface area contributed by atoms with E-state index in [0.29, 0.717) is 31.1 Å². The van der Waals surface area contributed by atoms with Crippen LogP contribution >= 0.6 is 0 Å². The van der Waals surface area contributed by atoms with Crippen molar-refractivity contribution in [1.82, 2.24) is 10.2 Å². The molecule has 1 atom stereocenters. The second-order valence-corrected chi connectivity index (χ2v) is 7.66. The van der Waals surface area contributed by atoms with Gasteiger partial charge in [0.25, 0.3) is 0 Å². The van der Waals surface area contributed by atoms with Gasteiger partial charge in [0.05, 0.1) is 5.69 Å². The zero-order chi connectivity index (χ0) is 18.5. The van der Waals surface area contributed by atoms with Crippen LogP contribution in [0.5, 0.6) is 0 Å². The predicted octanol–water partition coefficient (Wildman–Crippen LogP) is 3.71. The SMILES string of the molecule is CC(C)NC1CCCN(C(=O)Nc2ccc(C3CCOCC3)cc2F)C1. The van der Waals surface area contributed by atoms with Gasteiger partial charge < -0.3 is 20.3 Å². The van der Waals surface area contributed by atoms with Crippen molar-refractivity contribution in [2.24, 2.45) is 0 Å². The van der Waals surface area contributed by atoms with Crippen LogP contribution in [0, 0.1) is 5.82 Å². The minimum atomic E-state index is -0.365. The molecule has 0 radical (unpaired) electrons. The largest absolute Gasteiger partial charge is 0.381 e. The number of piperidine rings is 1. The van der Waals surface area contributed by atoms with Gasteiger partial charge in [-0.1, -0.05) is 19.9 Å². The van der Waals surface area contributed by atoms with E-state index in [9.17, 15) is 9.18 Å². The minimum absolute atomic E-state index is 0.224. The van der Waals surface area contributed by atoms with E-state index in [1.54, 1.807) is 17.0 Å². The van der Waals surface area contributed by atoms with Crippen LogP contribution in [0.1, 0.15) is 51.0 Å². The molecule has 0 aromatic heterocycles. The fourth-order valence-electron chi connectivity index (χ4n) is 3.88. The van der Waals surface area contributed by atoms with Gasteiger partial charge in [-0.05, 0) is 49.3 Å². The van der Waals surface area contributed by atoms with Crippen LogP contribution in [0.15, 0.2) is 18.2 Å². The molecule has 2 heterocycles. The Bertz CT molecular complexity index is 617. The molecule has 1 aromatic rings. The lowest BCUT2D eigenvalue weighted by molar-refractivity contribution is 0.0853. The van der Waals surface area contributed by atoms with Gasteiger partial charge in [-0.25, -0.2) is 9.18 Å². The van der Waals surface area contributed by atoms with Gasteiger partial charge >= 0.3 is 6.03 Å². The predicted molar refractivity (Wildman–Crippen MR) is 101 cm³/mol. The maximum absolute atomic E-state index is 14.5. The van der Waals surface area contributed by atoms with Crippen LogP contribution in [-0.2, 0) is 4.74 Å². The molecule has 2 amide bonds. The van der Waals surface area contributed by atoms with Crippen LogP contribution < -0.4 is 10.6 Å². The third-order valence-corrected chi connectivity index (χ3v) is 5.21. The Hall–Kier alpha value is -1.66. The molecule has 1 aromatic carbocycles. The first-order valence-electron chi connectivity index (χ1n) is 9.72. The number of hydrogen-bond acceptors (Lipinski definition) is 3. The Morgan fingerprint density at radius 1 is 1.27 bits per heavy atom. The molecule has 2 saturated heterocycles. The highest BCUT2D eigenvalue weighted by molar-refractivity contribution is 5.89. The summed E-state index contributed by atoms with van der Waals surface area (Å²) in [4.78, 5) is 14.3. The fraction of sp³-hybridized carbons (Fsp3) is 0.650. The number of carbonyl (C=O) groups is 1. The number of halogens is 1. The average Bonchev–Trinajstić information content (AvgIpc) is 2.63. The minimum Gasteiger partial charge on any atom is -0.381 e. The number of nitrogens with zero attached hydrogens (tertiary/aromatic N) is 1. The molecule has 0 saturated carbocycles. The smallest absolute Gasteiger partial charge is 0.321 e. The molecule has 2 aliphatic rings. The molecule has 2 aliphatic heterocycles. The summed E-state index contributed by atoms with van der Waals surface area (Å²) in [6.07, 6.45) is 3.87. The normalized spacial score (nSPS) is 21.8. The second-order valence-electron chi connectivity index (χ2n) is 7.66. The van der Waals surface area contributed by atoms with Crippen LogP contribution in [0.2, 0.25) is 0 Å². The van der Waals surface area contributed by atoms with Gasteiger partial charge in [-0.15, -0.1) is 0 Å². The van der Waals surface area contributed by atoms with Gasteiger partial charge in [-0.3, -0.25) is 0 Å². The standard InChI is InChI=1S/C20H30FN3O2/c1-14(2)22-17-4-3-9-24(13-17)20(25)23-19-6-5-16(12-18(19)21)15-7-10-26-11-8-15/h5-6,12,14-15,17,22H,3-4,7-11,13H2,1-2H3,(H,23,25). The van der Waals surface area contributed by atoms with Crippen molar-refractivity contribution in [3.05, 3.63) is 29.6 Å².